The Balaban J connectivity index is 0.938. The molecule has 2 aliphatic carbocycles. The Kier molecular flexibility index (Phi) is 9.35. The van der Waals surface area contributed by atoms with Gasteiger partial charge in [-0.1, -0.05) is 97.1 Å². The molecule has 2 N–H and O–H groups in total. The molecule has 3 amide bonds. The van der Waals surface area contributed by atoms with Gasteiger partial charge in [-0.25, -0.2) is 9.59 Å². The summed E-state index contributed by atoms with van der Waals surface area (Å²) in [5.41, 5.74) is 8.67. The molecule has 9 heteroatoms. The van der Waals surface area contributed by atoms with Crippen molar-refractivity contribution in [3.63, 3.8) is 0 Å². The van der Waals surface area contributed by atoms with E-state index in [1.807, 2.05) is 79.8 Å². The fourth-order valence-corrected chi connectivity index (χ4v) is 7.38. The van der Waals surface area contributed by atoms with Crippen molar-refractivity contribution in [3.8, 4) is 22.3 Å². The average molecular weight is 659 g/mol. The largest absolute Gasteiger partial charge is 0.449 e. The number of nitrogens with one attached hydrogen (secondary N) is 2. The maximum Gasteiger partial charge on any atom is 0.411 e. The number of ether oxygens (including phenoxy) is 2. The molecule has 252 valence electrons. The van der Waals surface area contributed by atoms with Crippen LogP contribution in [0.2, 0.25) is 0 Å². The number of hydrogen-bond acceptors (Lipinski definition) is 6. The first-order valence-electron chi connectivity index (χ1n) is 17.1. The second-order valence-corrected chi connectivity index (χ2v) is 13.0. The van der Waals surface area contributed by atoms with Crippen LogP contribution in [0.3, 0.4) is 0 Å². The maximum absolute atomic E-state index is 13.7. The van der Waals surface area contributed by atoms with Crippen molar-refractivity contribution in [2.45, 2.75) is 43.4 Å². The van der Waals surface area contributed by atoms with Gasteiger partial charge >= 0.3 is 12.2 Å². The first-order valence-corrected chi connectivity index (χ1v) is 17.1. The summed E-state index contributed by atoms with van der Waals surface area (Å²) in [6, 6.07) is 31.9. The molecule has 0 spiro atoms. The molecule has 49 heavy (non-hydrogen) atoms. The van der Waals surface area contributed by atoms with Gasteiger partial charge in [0.2, 0.25) is 5.91 Å². The second-order valence-electron chi connectivity index (χ2n) is 13.0. The van der Waals surface area contributed by atoms with Gasteiger partial charge < -0.3 is 25.0 Å². The molecule has 3 aliphatic rings. The number of nitrogens with zero attached hydrogens (tertiary/aromatic N) is 2. The van der Waals surface area contributed by atoms with Crippen LogP contribution < -0.4 is 10.6 Å². The van der Waals surface area contributed by atoms with Gasteiger partial charge in [-0.3, -0.25) is 9.69 Å². The molecule has 0 radical (unpaired) electrons. The number of amides is 3. The van der Waals surface area contributed by atoms with E-state index in [1.165, 1.54) is 27.2 Å². The fraction of sp³-hybridized carbons (Fsp3) is 0.325. The summed E-state index contributed by atoms with van der Waals surface area (Å²) in [6.45, 7) is 1.85. The number of unbranched alkanes of at least 4 members (excludes halogenated alkanes) is 1. The molecule has 1 fully saturated rings. The van der Waals surface area contributed by atoms with Gasteiger partial charge in [0.25, 0.3) is 0 Å². The Labute approximate surface area is 287 Å². The standard InChI is InChI=1S/C40H42N4O5/c1-41-26-23-44(24-26)38(45)36(43(2)40(47)49-37-33-19-9-7-15-29(33)30-16-8-10-20-34(30)37)21-11-12-22-42-39(46)48-25-35-31-17-5-3-13-27(31)28-14-4-6-18-32(28)35/h3-10,13-20,26,35-37,41H,11-12,21-25H2,1-2H3,(H,42,46)/t36-/m0/s1. The molecule has 1 heterocycles. The van der Waals surface area contributed by atoms with E-state index in [0.717, 1.165) is 22.3 Å². The Hall–Kier alpha value is -5.15. The van der Waals surface area contributed by atoms with Crippen LogP contribution in [0.5, 0.6) is 0 Å². The lowest BCUT2D eigenvalue weighted by atomic mass is 9.98. The van der Waals surface area contributed by atoms with E-state index in [0.29, 0.717) is 38.9 Å². The zero-order valence-corrected chi connectivity index (χ0v) is 27.9. The third-order valence-electron chi connectivity index (χ3n) is 10.2. The molecule has 1 aliphatic heterocycles. The molecular formula is C40H42N4O5. The van der Waals surface area contributed by atoms with Crippen LogP contribution in [0.25, 0.3) is 22.3 Å². The van der Waals surface area contributed by atoms with Crippen molar-refractivity contribution in [3.05, 3.63) is 119 Å². The lowest BCUT2D eigenvalue weighted by Gasteiger charge is -2.42. The summed E-state index contributed by atoms with van der Waals surface area (Å²) >= 11 is 0. The van der Waals surface area contributed by atoms with Crippen LogP contribution in [-0.4, -0.2) is 80.3 Å². The zero-order valence-electron chi connectivity index (χ0n) is 27.9. The predicted molar refractivity (Wildman–Crippen MR) is 188 cm³/mol. The monoisotopic (exact) mass is 658 g/mol. The van der Waals surface area contributed by atoms with Crippen LogP contribution in [0.15, 0.2) is 97.1 Å². The molecule has 4 aromatic carbocycles. The molecular weight excluding hydrogens is 616 g/mol. The molecule has 0 aromatic heterocycles. The van der Waals surface area contributed by atoms with E-state index in [9.17, 15) is 14.4 Å². The van der Waals surface area contributed by atoms with E-state index in [4.69, 9.17) is 9.47 Å². The molecule has 1 saturated heterocycles. The highest BCUT2D eigenvalue weighted by Crippen LogP contribution is 2.46. The Morgan fingerprint density at radius 1 is 0.776 bits per heavy atom. The molecule has 7 rings (SSSR count). The number of benzene rings is 4. The fourth-order valence-electron chi connectivity index (χ4n) is 7.38. The van der Waals surface area contributed by atoms with Crippen LogP contribution in [0.4, 0.5) is 9.59 Å². The number of alkyl carbamates (subject to hydrolysis) is 1. The lowest BCUT2D eigenvalue weighted by molar-refractivity contribution is -0.141. The highest BCUT2D eigenvalue weighted by Gasteiger charge is 2.39. The summed E-state index contributed by atoms with van der Waals surface area (Å²) in [5.74, 6) is -0.0990. The Bertz CT molecular complexity index is 1760. The zero-order chi connectivity index (χ0) is 33.9. The highest BCUT2D eigenvalue weighted by molar-refractivity contribution is 5.87. The van der Waals surface area contributed by atoms with Gasteiger partial charge in [0.1, 0.15) is 12.6 Å². The first kappa shape index (κ1) is 32.4. The van der Waals surface area contributed by atoms with E-state index < -0.39 is 24.3 Å². The summed E-state index contributed by atoms with van der Waals surface area (Å²) in [6.07, 6.45) is 0.130. The molecule has 9 nitrogen and oxygen atoms in total. The molecule has 4 aromatic rings. The Morgan fingerprint density at radius 3 is 1.84 bits per heavy atom. The summed E-state index contributed by atoms with van der Waals surface area (Å²) in [7, 11) is 3.52. The van der Waals surface area contributed by atoms with E-state index in [-0.39, 0.29) is 24.5 Å². The minimum absolute atomic E-state index is 0.00424. The molecule has 0 unspecified atom stereocenters. The minimum Gasteiger partial charge on any atom is -0.449 e. The number of carbonyl (C=O) groups excluding carboxylic acids is 3. The van der Waals surface area contributed by atoms with Crippen molar-refractivity contribution in [2.24, 2.45) is 0 Å². The normalized spacial score (nSPS) is 15.3. The van der Waals surface area contributed by atoms with E-state index in [1.54, 1.807) is 11.9 Å². The molecule has 0 bridgehead atoms. The van der Waals surface area contributed by atoms with Gasteiger partial charge in [0.15, 0.2) is 6.10 Å². The third kappa shape index (κ3) is 6.38. The van der Waals surface area contributed by atoms with E-state index in [2.05, 4.69) is 34.9 Å². The number of likely N-dealkylation sites (N-methyl/N-ethyl adjacent to an activating group) is 2. The van der Waals surface area contributed by atoms with Gasteiger partial charge in [-0.2, -0.15) is 0 Å². The van der Waals surface area contributed by atoms with Crippen molar-refractivity contribution in [1.29, 1.82) is 0 Å². The molecule has 1 atom stereocenters. The van der Waals surface area contributed by atoms with Crippen molar-refractivity contribution < 1.29 is 23.9 Å². The summed E-state index contributed by atoms with van der Waals surface area (Å²) in [4.78, 5) is 43.3. The Morgan fingerprint density at radius 2 is 1.29 bits per heavy atom. The van der Waals surface area contributed by atoms with Gasteiger partial charge in [0, 0.05) is 49.8 Å². The minimum atomic E-state index is -0.688. The van der Waals surface area contributed by atoms with Crippen molar-refractivity contribution >= 4 is 18.1 Å². The number of likely N-dealkylation sites (tertiary alicyclic amines) is 1. The van der Waals surface area contributed by atoms with E-state index >= 15 is 0 Å². The highest BCUT2D eigenvalue weighted by atomic mass is 16.6. The van der Waals surface area contributed by atoms with Gasteiger partial charge in [-0.05, 0) is 59.7 Å². The second kappa shape index (κ2) is 14.1. The average Bonchev–Trinajstić information content (AvgIpc) is 3.60. The quantitative estimate of drug-likeness (QED) is 0.183. The maximum atomic E-state index is 13.7. The SMILES string of the molecule is CNC1CN(C(=O)[C@H](CCCCNC(=O)OCC2c3ccccc3-c3ccccc32)N(C)C(=O)OC2c3ccccc3-c3ccccc32)C1. The summed E-state index contributed by atoms with van der Waals surface area (Å²) in [5, 5.41) is 6.07. The molecule has 0 saturated carbocycles. The smallest absolute Gasteiger partial charge is 0.411 e. The number of carbonyl (C=O) groups is 3. The van der Waals surface area contributed by atoms with Gasteiger partial charge in [-0.15, -0.1) is 0 Å². The topological polar surface area (TPSA) is 100 Å². The van der Waals surface area contributed by atoms with Crippen LogP contribution >= 0.6 is 0 Å². The number of rotatable bonds is 11. The predicted octanol–water partition coefficient (Wildman–Crippen LogP) is 6.33. The third-order valence-corrected chi connectivity index (χ3v) is 10.2. The van der Waals surface area contributed by atoms with Crippen molar-refractivity contribution in [2.75, 3.05) is 40.3 Å². The van der Waals surface area contributed by atoms with Crippen LogP contribution in [0.1, 0.15) is 53.5 Å². The van der Waals surface area contributed by atoms with Gasteiger partial charge in [0.05, 0.1) is 0 Å². The first-order chi connectivity index (χ1) is 23.9. The number of hydrogen-bond donors (Lipinski definition) is 2. The van der Waals surface area contributed by atoms with Crippen LogP contribution in [-0.2, 0) is 14.3 Å². The lowest BCUT2D eigenvalue weighted by Crippen LogP contribution is -2.63. The summed E-state index contributed by atoms with van der Waals surface area (Å²) < 4.78 is 11.8. The number of fused-ring (bicyclic) bond motifs is 6. The van der Waals surface area contributed by atoms with Crippen LogP contribution in [0, 0.1) is 0 Å². The van der Waals surface area contributed by atoms with Crippen molar-refractivity contribution in [1.82, 2.24) is 20.4 Å².